The van der Waals surface area contributed by atoms with Crippen LogP contribution in [0.25, 0.3) is 0 Å². The monoisotopic (exact) mass is 256 g/mol. The van der Waals surface area contributed by atoms with Gasteiger partial charge in [-0.05, 0) is 6.42 Å². The van der Waals surface area contributed by atoms with Crippen LogP contribution >= 0.6 is 0 Å². The number of aromatic carboxylic acids is 1. The molecule has 0 unspecified atom stereocenters. The third-order valence-corrected chi connectivity index (χ3v) is 2.30. The highest BCUT2D eigenvalue weighted by Gasteiger charge is 2.18. The number of amides is 1. The maximum atomic E-state index is 11.5. The molecular weight excluding hydrogens is 240 g/mol. The van der Waals surface area contributed by atoms with Gasteiger partial charge >= 0.3 is 5.97 Å². The minimum atomic E-state index is -1.14. The quantitative estimate of drug-likeness (QED) is 0.625. The molecule has 1 aromatic rings. The Hall–Kier alpha value is -1.96. The van der Waals surface area contributed by atoms with Crippen molar-refractivity contribution in [1.29, 1.82) is 0 Å². The van der Waals surface area contributed by atoms with Crippen LogP contribution < -0.4 is 5.32 Å². The first-order valence-corrected chi connectivity index (χ1v) is 5.51. The summed E-state index contributed by atoms with van der Waals surface area (Å²) in [6, 6.07) is 0. The molecule has 1 amide bonds. The predicted molar refractivity (Wildman–Crippen MR) is 61.2 cm³/mol. The van der Waals surface area contributed by atoms with Gasteiger partial charge in [-0.2, -0.15) is 0 Å². The summed E-state index contributed by atoms with van der Waals surface area (Å²) in [5, 5.41) is 18.7. The van der Waals surface area contributed by atoms with Crippen molar-refractivity contribution in [2.45, 2.75) is 19.9 Å². The number of methoxy groups -OCH3 is 1. The number of carbonyl (C=O) groups excluding carboxylic acids is 1. The van der Waals surface area contributed by atoms with Crippen molar-refractivity contribution >= 4 is 11.9 Å². The largest absolute Gasteiger partial charge is 0.476 e. The van der Waals surface area contributed by atoms with Crippen molar-refractivity contribution in [3.8, 4) is 0 Å². The highest BCUT2D eigenvalue weighted by atomic mass is 16.5. The van der Waals surface area contributed by atoms with Gasteiger partial charge in [0.05, 0.1) is 12.3 Å². The third-order valence-electron chi connectivity index (χ3n) is 2.30. The fourth-order valence-electron chi connectivity index (χ4n) is 1.46. The van der Waals surface area contributed by atoms with Crippen LogP contribution in [0.3, 0.4) is 0 Å². The van der Waals surface area contributed by atoms with Gasteiger partial charge in [0, 0.05) is 13.7 Å². The second kappa shape index (κ2) is 6.70. The lowest BCUT2D eigenvalue weighted by Crippen LogP contribution is -2.31. The Morgan fingerprint density at radius 3 is 2.78 bits per heavy atom. The fraction of sp³-hybridized carbons (Fsp3) is 0.600. The molecule has 0 bridgehead atoms. The molecular formula is C10H16N4O4. The van der Waals surface area contributed by atoms with Crippen LogP contribution in [-0.2, 0) is 22.5 Å². The molecule has 0 atom stereocenters. The van der Waals surface area contributed by atoms with E-state index in [9.17, 15) is 9.59 Å². The zero-order valence-corrected chi connectivity index (χ0v) is 10.3. The normalized spacial score (nSPS) is 10.3. The molecule has 0 aliphatic carbocycles. The van der Waals surface area contributed by atoms with E-state index < -0.39 is 5.97 Å². The summed E-state index contributed by atoms with van der Waals surface area (Å²) in [5.41, 5.74) is 0.326. The Kier molecular flexibility index (Phi) is 5.25. The molecule has 8 nitrogen and oxygen atoms in total. The topological polar surface area (TPSA) is 106 Å². The number of aromatic nitrogens is 3. The number of carbonyl (C=O) groups is 2. The number of nitrogens with zero attached hydrogens (tertiary/aromatic N) is 3. The minimum Gasteiger partial charge on any atom is -0.476 e. The van der Waals surface area contributed by atoms with E-state index in [-0.39, 0.29) is 18.1 Å². The van der Waals surface area contributed by atoms with Crippen molar-refractivity contribution in [2.75, 3.05) is 20.3 Å². The average Bonchev–Trinajstić information content (AvgIpc) is 2.72. The Labute approximate surface area is 104 Å². The van der Waals surface area contributed by atoms with Crippen molar-refractivity contribution in [1.82, 2.24) is 20.3 Å². The Bertz CT molecular complexity index is 430. The lowest BCUT2D eigenvalue weighted by Gasteiger charge is -2.06. The molecule has 1 heterocycles. The standard InChI is InChI=1S/C10H16N4O4/c1-3-7-9(10(16)17)12-13-14(7)6-8(15)11-4-5-18-2/h3-6H2,1-2H3,(H,11,15)(H,16,17). The molecule has 0 aliphatic heterocycles. The van der Waals surface area contributed by atoms with Crippen molar-refractivity contribution < 1.29 is 19.4 Å². The lowest BCUT2D eigenvalue weighted by atomic mass is 10.2. The van der Waals surface area contributed by atoms with E-state index in [1.165, 1.54) is 11.8 Å². The molecule has 8 heteroatoms. The summed E-state index contributed by atoms with van der Waals surface area (Å²) in [6.07, 6.45) is 0.444. The molecule has 0 saturated carbocycles. The summed E-state index contributed by atoms with van der Waals surface area (Å²) >= 11 is 0. The first-order valence-electron chi connectivity index (χ1n) is 5.51. The summed E-state index contributed by atoms with van der Waals surface area (Å²) < 4.78 is 6.09. The molecule has 0 saturated heterocycles. The summed E-state index contributed by atoms with van der Waals surface area (Å²) in [7, 11) is 1.54. The summed E-state index contributed by atoms with van der Waals surface area (Å²) in [5.74, 6) is -1.40. The third kappa shape index (κ3) is 3.52. The Morgan fingerprint density at radius 2 is 2.22 bits per heavy atom. The number of ether oxygens (including phenoxy) is 1. The molecule has 1 rings (SSSR count). The highest BCUT2D eigenvalue weighted by Crippen LogP contribution is 2.06. The first kappa shape index (κ1) is 14.1. The number of hydrogen-bond donors (Lipinski definition) is 2. The van der Waals surface area contributed by atoms with E-state index in [0.29, 0.717) is 25.3 Å². The van der Waals surface area contributed by atoms with Crippen LogP contribution in [-0.4, -0.2) is 52.2 Å². The number of carboxylic acid groups (broad SMARTS) is 1. The van der Waals surface area contributed by atoms with E-state index in [0.717, 1.165) is 0 Å². The van der Waals surface area contributed by atoms with Crippen LogP contribution in [0.5, 0.6) is 0 Å². The van der Waals surface area contributed by atoms with Gasteiger partial charge in [0.25, 0.3) is 0 Å². The van der Waals surface area contributed by atoms with Gasteiger partial charge < -0.3 is 15.2 Å². The smallest absolute Gasteiger partial charge is 0.358 e. The number of nitrogens with one attached hydrogen (secondary N) is 1. The predicted octanol–water partition coefficient (Wildman–Crippen LogP) is -0.699. The maximum absolute atomic E-state index is 11.5. The van der Waals surface area contributed by atoms with Crippen molar-refractivity contribution in [3.05, 3.63) is 11.4 Å². The second-order valence-corrected chi connectivity index (χ2v) is 3.54. The molecule has 0 aromatic carbocycles. The highest BCUT2D eigenvalue weighted by molar-refractivity contribution is 5.86. The SMILES string of the molecule is CCc1c(C(=O)O)nnn1CC(=O)NCCOC. The number of rotatable bonds is 7. The maximum Gasteiger partial charge on any atom is 0.358 e. The van der Waals surface area contributed by atoms with Crippen molar-refractivity contribution in [2.24, 2.45) is 0 Å². The molecule has 1 aromatic heterocycles. The van der Waals surface area contributed by atoms with E-state index in [4.69, 9.17) is 9.84 Å². The lowest BCUT2D eigenvalue weighted by molar-refractivity contribution is -0.122. The second-order valence-electron chi connectivity index (χ2n) is 3.54. The van der Waals surface area contributed by atoms with Gasteiger partial charge in [-0.3, -0.25) is 4.79 Å². The Morgan fingerprint density at radius 1 is 1.50 bits per heavy atom. The van der Waals surface area contributed by atoms with Crippen LogP contribution in [0.15, 0.2) is 0 Å². The molecule has 0 fully saturated rings. The van der Waals surface area contributed by atoms with Gasteiger partial charge in [-0.25, -0.2) is 9.48 Å². The van der Waals surface area contributed by atoms with Gasteiger partial charge in [-0.1, -0.05) is 12.1 Å². The van der Waals surface area contributed by atoms with Crippen LogP contribution in [0.2, 0.25) is 0 Å². The van der Waals surface area contributed by atoms with E-state index in [1.807, 2.05) is 0 Å². The molecule has 0 aliphatic rings. The molecule has 18 heavy (non-hydrogen) atoms. The Balaban J connectivity index is 2.67. The van der Waals surface area contributed by atoms with E-state index in [2.05, 4.69) is 15.6 Å². The summed E-state index contributed by atoms with van der Waals surface area (Å²) in [6.45, 7) is 2.55. The first-order chi connectivity index (χ1) is 8.60. The molecule has 100 valence electrons. The van der Waals surface area contributed by atoms with Crippen LogP contribution in [0.4, 0.5) is 0 Å². The molecule has 2 N–H and O–H groups in total. The van der Waals surface area contributed by atoms with Gasteiger partial charge in [0.1, 0.15) is 6.54 Å². The van der Waals surface area contributed by atoms with Gasteiger partial charge in [0.15, 0.2) is 5.69 Å². The van der Waals surface area contributed by atoms with Gasteiger partial charge in [-0.15, -0.1) is 5.10 Å². The number of carboxylic acids is 1. The van der Waals surface area contributed by atoms with E-state index >= 15 is 0 Å². The fourth-order valence-corrected chi connectivity index (χ4v) is 1.46. The minimum absolute atomic E-state index is 0.0484. The molecule has 0 spiro atoms. The zero-order chi connectivity index (χ0) is 13.5. The van der Waals surface area contributed by atoms with E-state index in [1.54, 1.807) is 6.92 Å². The van der Waals surface area contributed by atoms with Gasteiger partial charge in [0.2, 0.25) is 5.91 Å². The zero-order valence-electron chi connectivity index (χ0n) is 10.3. The van der Waals surface area contributed by atoms with Crippen LogP contribution in [0, 0.1) is 0 Å². The summed E-state index contributed by atoms with van der Waals surface area (Å²) in [4.78, 5) is 22.4. The average molecular weight is 256 g/mol. The number of hydrogen-bond acceptors (Lipinski definition) is 5. The van der Waals surface area contributed by atoms with Crippen LogP contribution in [0.1, 0.15) is 23.1 Å². The molecule has 0 radical (unpaired) electrons. The van der Waals surface area contributed by atoms with Crippen molar-refractivity contribution in [3.63, 3.8) is 0 Å².